The van der Waals surface area contributed by atoms with Gasteiger partial charge in [-0.25, -0.2) is 14.2 Å². The SMILES string of the molecule is CCCCc1ncc(/C=C(\Cc2cccs2)C(=O)OC)n1Cc1c(F)cccc1Cl. The lowest BCUT2D eigenvalue weighted by atomic mass is 10.1. The summed E-state index contributed by atoms with van der Waals surface area (Å²) < 4.78 is 21.4. The van der Waals surface area contributed by atoms with E-state index in [1.54, 1.807) is 35.7 Å². The number of nitrogens with zero attached hydrogens (tertiary/aromatic N) is 2. The summed E-state index contributed by atoms with van der Waals surface area (Å²) in [5.41, 5.74) is 1.64. The highest BCUT2D eigenvalue weighted by molar-refractivity contribution is 7.09. The molecule has 0 amide bonds. The normalized spacial score (nSPS) is 11.7. The van der Waals surface area contributed by atoms with Crippen molar-refractivity contribution in [3.63, 3.8) is 0 Å². The number of esters is 1. The Balaban J connectivity index is 2.03. The van der Waals surface area contributed by atoms with Crippen LogP contribution >= 0.6 is 22.9 Å². The van der Waals surface area contributed by atoms with Crippen LogP contribution in [0.3, 0.4) is 0 Å². The fourth-order valence-electron chi connectivity index (χ4n) is 3.20. The predicted molar refractivity (Wildman–Crippen MR) is 119 cm³/mol. The molecule has 2 aromatic heterocycles. The number of hydrogen-bond donors (Lipinski definition) is 0. The topological polar surface area (TPSA) is 44.1 Å². The highest BCUT2D eigenvalue weighted by Gasteiger charge is 2.17. The zero-order valence-electron chi connectivity index (χ0n) is 17.0. The van der Waals surface area contributed by atoms with Gasteiger partial charge in [-0.05, 0) is 36.1 Å². The first-order chi connectivity index (χ1) is 14.5. The molecule has 4 nitrogen and oxygen atoms in total. The Labute approximate surface area is 185 Å². The molecule has 0 spiro atoms. The monoisotopic (exact) mass is 446 g/mol. The molecule has 0 unspecified atom stereocenters. The molecule has 1 aromatic carbocycles. The number of hydrogen-bond acceptors (Lipinski definition) is 4. The Kier molecular flexibility index (Phi) is 7.82. The maximum atomic E-state index is 14.4. The number of thiophene rings is 1. The number of unbranched alkanes of at least 4 members (excludes halogenated alkanes) is 1. The van der Waals surface area contributed by atoms with Gasteiger partial charge in [0.2, 0.25) is 0 Å². The number of carbonyl (C=O) groups is 1. The molecular formula is C23H24ClFN2O2S. The molecule has 0 N–H and O–H groups in total. The molecule has 0 fully saturated rings. The van der Waals surface area contributed by atoms with Gasteiger partial charge < -0.3 is 9.30 Å². The average molecular weight is 447 g/mol. The molecule has 0 saturated carbocycles. The summed E-state index contributed by atoms with van der Waals surface area (Å²) in [7, 11) is 1.37. The van der Waals surface area contributed by atoms with Gasteiger partial charge in [0, 0.05) is 33.9 Å². The molecule has 0 aliphatic heterocycles. The molecule has 2 heterocycles. The summed E-state index contributed by atoms with van der Waals surface area (Å²) in [5, 5.41) is 2.34. The van der Waals surface area contributed by atoms with Crippen molar-refractivity contribution in [2.75, 3.05) is 7.11 Å². The van der Waals surface area contributed by atoms with Crippen molar-refractivity contribution in [2.45, 2.75) is 39.2 Å². The molecule has 7 heteroatoms. The zero-order valence-corrected chi connectivity index (χ0v) is 18.6. The van der Waals surface area contributed by atoms with Gasteiger partial charge in [0.1, 0.15) is 11.6 Å². The summed E-state index contributed by atoms with van der Waals surface area (Å²) >= 11 is 7.85. The molecule has 0 saturated heterocycles. The Bertz CT molecular complexity index is 1010. The molecule has 158 valence electrons. The van der Waals surface area contributed by atoms with E-state index < -0.39 is 5.97 Å². The molecule has 30 heavy (non-hydrogen) atoms. The molecule has 3 aromatic rings. The Morgan fingerprint density at radius 3 is 2.83 bits per heavy atom. The predicted octanol–water partition coefficient (Wildman–Crippen LogP) is 5.93. The number of benzene rings is 1. The van der Waals surface area contributed by atoms with Crippen molar-refractivity contribution < 1.29 is 13.9 Å². The lowest BCUT2D eigenvalue weighted by molar-refractivity contribution is -0.136. The number of halogens is 2. The molecular weight excluding hydrogens is 423 g/mol. The minimum absolute atomic E-state index is 0.240. The van der Waals surface area contributed by atoms with Gasteiger partial charge in [-0.3, -0.25) is 0 Å². The fourth-order valence-corrected chi connectivity index (χ4v) is 4.15. The van der Waals surface area contributed by atoms with Crippen LogP contribution in [0.2, 0.25) is 5.02 Å². The van der Waals surface area contributed by atoms with Crippen LogP contribution in [0.25, 0.3) is 6.08 Å². The maximum absolute atomic E-state index is 14.4. The Morgan fingerprint density at radius 1 is 1.33 bits per heavy atom. The Morgan fingerprint density at radius 2 is 2.17 bits per heavy atom. The van der Waals surface area contributed by atoms with E-state index in [1.807, 2.05) is 22.1 Å². The first-order valence-electron chi connectivity index (χ1n) is 9.82. The summed E-state index contributed by atoms with van der Waals surface area (Å²) in [4.78, 5) is 18.0. The molecule has 0 aliphatic rings. The van der Waals surface area contributed by atoms with E-state index in [2.05, 4.69) is 11.9 Å². The van der Waals surface area contributed by atoms with Crippen LogP contribution in [0.4, 0.5) is 4.39 Å². The van der Waals surface area contributed by atoms with Crippen LogP contribution in [-0.4, -0.2) is 22.6 Å². The summed E-state index contributed by atoms with van der Waals surface area (Å²) in [6, 6.07) is 8.59. The van der Waals surface area contributed by atoms with Crippen molar-refractivity contribution in [2.24, 2.45) is 0 Å². The minimum Gasteiger partial charge on any atom is -0.466 e. The van der Waals surface area contributed by atoms with E-state index in [-0.39, 0.29) is 12.4 Å². The number of methoxy groups -OCH3 is 1. The molecule has 0 atom stereocenters. The van der Waals surface area contributed by atoms with Crippen molar-refractivity contribution in [3.05, 3.63) is 80.3 Å². The smallest absolute Gasteiger partial charge is 0.334 e. The molecule has 0 aliphatic carbocycles. The zero-order chi connectivity index (χ0) is 21.5. The summed E-state index contributed by atoms with van der Waals surface area (Å²) in [6.07, 6.45) is 6.70. The second-order valence-electron chi connectivity index (χ2n) is 6.91. The van der Waals surface area contributed by atoms with Gasteiger partial charge in [0.15, 0.2) is 0 Å². The second kappa shape index (κ2) is 10.5. The third-order valence-corrected chi connectivity index (χ3v) is 6.05. The number of ether oxygens (including phenoxy) is 1. The van der Waals surface area contributed by atoms with Gasteiger partial charge in [-0.2, -0.15) is 0 Å². The van der Waals surface area contributed by atoms with Crippen molar-refractivity contribution in [3.8, 4) is 0 Å². The number of imidazole rings is 1. The summed E-state index contributed by atoms with van der Waals surface area (Å²) in [6.45, 7) is 2.35. The van der Waals surface area contributed by atoms with Gasteiger partial charge in [-0.15, -0.1) is 11.3 Å². The number of carbonyl (C=O) groups excluding carboxylic acids is 1. The highest BCUT2D eigenvalue weighted by atomic mass is 35.5. The lowest BCUT2D eigenvalue weighted by Crippen LogP contribution is -2.11. The van der Waals surface area contributed by atoms with Gasteiger partial charge in [0.25, 0.3) is 0 Å². The number of rotatable bonds is 9. The van der Waals surface area contributed by atoms with Crippen LogP contribution in [0.5, 0.6) is 0 Å². The van der Waals surface area contributed by atoms with E-state index in [0.29, 0.717) is 22.6 Å². The van der Waals surface area contributed by atoms with E-state index >= 15 is 0 Å². The second-order valence-corrected chi connectivity index (χ2v) is 8.35. The third-order valence-electron chi connectivity index (χ3n) is 4.82. The maximum Gasteiger partial charge on any atom is 0.334 e. The standard InChI is InChI=1S/C23H24ClFN2O2S/c1-3-4-10-22-26-14-17(27(22)15-19-20(24)8-5-9-21(19)25)12-16(23(28)29-2)13-18-7-6-11-30-18/h5-9,11-12,14H,3-4,10,13,15H2,1-2H3/b16-12+. The van der Waals surface area contributed by atoms with E-state index in [1.165, 1.54) is 13.2 Å². The van der Waals surface area contributed by atoms with E-state index in [0.717, 1.165) is 35.7 Å². The average Bonchev–Trinajstić information content (AvgIpc) is 3.38. The van der Waals surface area contributed by atoms with Crippen LogP contribution in [0.15, 0.2) is 47.5 Å². The van der Waals surface area contributed by atoms with E-state index in [4.69, 9.17) is 16.3 Å². The molecule has 0 bridgehead atoms. The molecule has 3 rings (SSSR count). The van der Waals surface area contributed by atoms with Gasteiger partial charge >= 0.3 is 5.97 Å². The van der Waals surface area contributed by atoms with Crippen LogP contribution < -0.4 is 0 Å². The quantitative estimate of drug-likeness (QED) is 0.302. The van der Waals surface area contributed by atoms with Crippen molar-refractivity contribution in [1.82, 2.24) is 9.55 Å². The Hall–Kier alpha value is -2.44. The van der Waals surface area contributed by atoms with Crippen LogP contribution in [0, 0.1) is 5.82 Å². The minimum atomic E-state index is -0.393. The molecule has 0 radical (unpaired) electrons. The third kappa shape index (κ3) is 5.37. The summed E-state index contributed by atoms with van der Waals surface area (Å²) in [5.74, 6) is 0.0808. The van der Waals surface area contributed by atoms with Gasteiger partial charge in [0.05, 0.1) is 25.5 Å². The van der Waals surface area contributed by atoms with Crippen molar-refractivity contribution >= 4 is 35.0 Å². The highest BCUT2D eigenvalue weighted by Crippen LogP contribution is 2.24. The van der Waals surface area contributed by atoms with Gasteiger partial charge in [-0.1, -0.05) is 37.1 Å². The van der Waals surface area contributed by atoms with Crippen LogP contribution in [-0.2, 0) is 28.9 Å². The van der Waals surface area contributed by atoms with Crippen LogP contribution in [0.1, 0.15) is 41.7 Å². The number of aryl methyl sites for hydroxylation is 1. The largest absolute Gasteiger partial charge is 0.466 e. The van der Waals surface area contributed by atoms with Crippen molar-refractivity contribution in [1.29, 1.82) is 0 Å². The fraction of sp³-hybridized carbons (Fsp3) is 0.304. The first kappa shape index (κ1) is 22.2. The number of aromatic nitrogens is 2. The first-order valence-corrected chi connectivity index (χ1v) is 11.1. The van der Waals surface area contributed by atoms with E-state index in [9.17, 15) is 9.18 Å². The lowest BCUT2D eigenvalue weighted by Gasteiger charge is -2.13.